The van der Waals surface area contributed by atoms with Gasteiger partial charge in [0.2, 0.25) is 0 Å². The fourth-order valence-electron chi connectivity index (χ4n) is 3.30. The van der Waals surface area contributed by atoms with E-state index >= 15 is 0 Å². The summed E-state index contributed by atoms with van der Waals surface area (Å²) < 4.78 is 36.5. The number of pyridine rings is 1. The van der Waals surface area contributed by atoms with Gasteiger partial charge >= 0.3 is 10.2 Å². The quantitative estimate of drug-likeness (QED) is 0.415. The maximum atomic E-state index is 12.9. The Balaban J connectivity index is 1.66. The summed E-state index contributed by atoms with van der Waals surface area (Å²) in [5.74, 6) is -0.595. The third-order valence-electron chi connectivity index (χ3n) is 4.77. The number of benzene rings is 2. The van der Waals surface area contributed by atoms with Gasteiger partial charge in [-0.05, 0) is 41.0 Å². The Morgan fingerprint density at radius 3 is 2.55 bits per heavy atom. The first-order valence-corrected chi connectivity index (χ1v) is 11.3. The zero-order chi connectivity index (χ0) is 21.7. The molecule has 0 radical (unpaired) electrons. The second kappa shape index (κ2) is 9.09. The molecule has 6 nitrogen and oxygen atoms in total. The molecule has 0 amide bonds. The Hall–Kier alpha value is -3.52. The summed E-state index contributed by atoms with van der Waals surface area (Å²) >= 11 is 0. The summed E-state index contributed by atoms with van der Waals surface area (Å²) in [6.07, 6.45) is 5.40. The van der Waals surface area contributed by atoms with Gasteiger partial charge in [-0.3, -0.25) is 9.67 Å². The largest absolute Gasteiger partial charge is 0.383 e. The summed E-state index contributed by atoms with van der Waals surface area (Å²) in [6, 6.07) is 21.5. The highest BCUT2D eigenvalue weighted by Gasteiger charge is 2.13. The minimum Gasteiger partial charge on any atom is -0.383 e. The van der Waals surface area contributed by atoms with Crippen LogP contribution in [0.1, 0.15) is 5.56 Å². The number of anilines is 1. The summed E-state index contributed by atoms with van der Waals surface area (Å²) in [5.41, 5.74) is 5.31. The third kappa shape index (κ3) is 5.55. The summed E-state index contributed by atoms with van der Waals surface area (Å²) in [6.45, 7) is 0.544. The highest BCUT2D eigenvalue weighted by molar-refractivity contribution is 7.86. The van der Waals surface area contributed by atoms with Crippen LogP contribution in [0.25, 0.3) is 22.4 Å². The van der Waals surface area contributed by atoms with Crippen molar-refractivity contribution in [2.75, 3.05) is 17.6 Å². The van der Waals surface area contributed by atoms with Crippen LogP contribution in [0, 0.1) is 0 Å². The molecule has 2 heterocycles. The summed E-state index contributed by atoms with van der Waals surface area (Å²) in [7, 11) is -4.54. The fourth-order valence-corrected chi connectivity index (χ4v) is 3.65. The number of halogens is 1. The summed E-state index contributed by atoms with van der Waals surface area (Å²) in [4.78, 5) is 4.13. The lowest BCUT2D eigenvalue weighted by Crippen LogP contribution is -2.12. The van der Waals surface area contributed by atoms with Crippen molar-refractivity contribution in [3.8, 4) is 22.4 Å². The molecular weight excluding hydrogens is 415 g/mol. The van der Waals surface area contributed by atoms with Crippen LogP contribution in [0.4, 0.5) is 9.57 Å². The van der Waals surface area contributed by atoms with Crippen LogP contribution in [0.3, 0.4) is 0 Å². The Labute approximate surface area is 180 Å². The number of nitrogens with one attached hydrogen (secondary N) is 1. The van der Waals surface area contributed by atoms with E-state index in [1.165, 1.54) is 0 Å². The standard InChI is InChI=1S/C23H21FN4O2S/c24-31(29,30)14-12-26-22-9-8-20(19-6-2-1-3-7-19)15-21(22)23-10-13-28(27-23)17-18-5-4-11-25-16-18/h1-11,13,15-16,26H,12,14,17H2. The first-order valence-electron chi connectivity index (χ1n) is 9.76. The van der Waals surface area contributed by atoms with E-state index in [0.717, 1.165) is 27.9 Å². The zero-order valence-electron chi connectivity index (χ0n) is 16.6. The van der Waals surface area contributed by atoms with E-state index < -0.39 is 16.0 Å². The van der Waals surface area contributed by atoms with Crippen molar-refractivity contribution in [1.82, 2.24) is 14.8 Å². The van der Waals surface area contributed by atoms with Gasteiger partial charge in [-0.2, -0.15) is 13.5 Å². The molecule has 0 aliphatic carbocycles. The maximum absolute atomic E-state index is 12.9. The van der Waals surface area contributed by atoms with Gasteiger partial charge in [0.1, 0.15) is 0 Å². The molecule has 0 saturated heterocycles. The van der Waals surface area contributed by atoms with Gasteiger partial charge < -0.3 is 5.32 Å². The van der Waals surface area contributed by atoms with Crippen molar-refractivity contribution in [3.05, 3.63) is 90.9 Å². The molecule has 2 aromatic carbocycles. The number of rotatable bonds is 8. The number of hydrogen-bond acceptors (Lipinski definition) is 5. The molecular formula is C23H21FN4O2S. The zero-order valence-corrected chi connectivity index (χ0v) is 17.5. The molecule has 0 saturated carbocycles. The number of aromatic nitrogens is 3. The van der Waals surface area contributed by atoms with Crippen molar-refractivity contribution in [2.45, 2.75) is 6.54 Å². The van der Waals surface area contributed by atoms with Crippen LogP contribution in [0.2, 0.25) is 0 Å². The van der Waals surface area contributed by atoms with Crippen molar-refractivity contribution < 1.29 is 12.3 Å². The molecule has 4 rings (SSSR count). The van der Waals surface area contributed by atoms with Gasteiger partial charge in [-0.15, -0.1) is 3.89 Å². The smallest absolute Gasteiger partial charge is 0.304 e. The van der Waals surface area contributed by atoms with Gasteiger partial charge in [0, 0.05) is 36.4 Å². The first kappa shape index (κ1) is 20.7. The molecule has 2 aromatic heterocycles. The van der Waals surface area contributed by atoms with Crippen molar-refractivity contribution in [2.24, 2.45) is 0 Å². The Morgan fingerprint density at radius 2 is 1.81 bits per heavy atom. The van der Waals surface area contributed by atoms with Crippen LogP contribution in [0.5, 0.6) is 0 Å². The molecule has 0 spiro atoms. The molecule has 0 unspecified atom stereocenters. The molecule has 0 aliphatic rings. The van der Waals surface area contributed by atoms with Crippen molar-refractivity contribution in [1.29, 1.82) is 0 Å². The minimum absolute atomic E-state index is 0.0348. The third-order valence-corrected chi connectivity index (χ3v) is 5.46. The Bertz CT molecular complexity index is 1260. The Morgan fingerprint density at radius 1 is 0.968 bits per heavy atom. The molecule has 1 N–H and O–H groups in total. The van der Waals surface area contributed by atoms with E-state index in [1.807, 2.05) is 77.6 Å². The van der Waals surface area contributed by atoms with Crippen molar-refractivity contribution in [3.63, 3.8) is 0 Å². The predicted molar refractivity (Wildman–Crippen MR) is 120 cm³/mol. The van der Waals surface area contributed by atoms with Gasteiger partial charge in [0.05, 0.1) is 18.0 Å². The number of nitrogens with zero attached hydrogens (tertiary/aromatic N) is 3. The lowest BCUT2D eigenvalue weighted by Gasteiger charge is -2.12. The topological polar surface area (TPSA) is 76.9 Å². The van der Waals surface area contributed by atoms with Crippen LogP contribution >= 0.6 is 0 Å². The summed E-state index contributed by atoms with van der Waals surface area (Å²) in [5, 5.41) is 7.71. The van der Waals surface area contributed by atoms with E-state index in [0.29, 0.717) is 12.2 Å². The van der Waals surface area contributed by atoms with E-state index in [4.69, 9.17) is 0 Å². The molecule has 0 atom stereocenters. The van der Waals surface area contributed by atoms with E-state index in [1.54, 1.807) is 12.4 Å². The van der Waals surface area contributed by atoms with Crippen LogP contribution in [-0.4, -0.2) is 35.5 Å². The van der Waals surface area contributed by atoms with Gasteiger partial charge in [-0.1, -0.05) is 42.5 Å². The SMILES string of the molecule is O=S(=O)(F)CCNc1ccc(-c2ccccc2)cc1-c1ccn(Cc2cccnc2)n1. The molecule has 4 aromatic rings. The van der Waals surface area contributed by atoms with Crippen LogP contribution in [-0.2, 0) is 16.8 Å². The van der Waals surface area contributed by atoms with E-state index in [-0.39, 0.29) is 6.54 Å². The van der Waals surface area contributed by atoms with E-state index in [2.05, 4.69) is 15.4 Å². The molecule has 0 bridgehead atoms. The molecule has 0 fully saturated rings. The van der Waals surface area contributed by atoms with Crippen LogP contribution in [0.15, 0.2) is 85.3 Å². The lowest BCUT2D eigenvalue weighted by atomic mass is 10.00. The monoisotopic (exact) mass is 436 g/mol. The normalized spacial score (nSPS) is 11.4. The second-order valence-electron chi connectivity index (χ2n) is 7.06. The predicted octanol–water partition coefficient (Wildman–Crippen LogP) is 4.37. The Kier molecular flexibility index (Phi) is 6.08. The fraction of sp³-hybridized carbons (Fsp3) is 0.130. The maximum Gasteiger partial charge on any atom is 0.304 e. The molecule has 158 valence electrons. The van der Waals surface area contributed by atoms with Gasteiger partial charge in [-0.25, -0.2) is 0 Å². The van der Waals surface area contributed by atoms with Gasteiger partial charge in [0.15, 0.2) is 0 Å². The van der Waals surface area contributed by atoms with Crippen LogP contribution < -0.4 is 5.32 Å². The first-order chi connectivity index (χ1) is 15.0. The highest BCUT2D eigenvalue weighted by Crippen LogP contribution is 2.32. The van der Waals surface area contributed by atoms with E-state index in [9.17, 15) is 12.3 Å². The lowest BCUT2D eigenvalue weighted by molar-refractivity contribution is 0.552. The second-order valence-corrected chi connectivity index (χ2v) is 8.54. The average molecular weight is 437 g/mol. The highest BCUT2D eigenvalue weighted by atomic mass is 32.3. The average Bonchev–Trinajstić information content (AvgIpc) is 3.23. The molecule has 0 aliphatic heterocycles. The molecule has 31 heavy (non-hydrogen) atoms. The molecule has 8 heteroatoms. The van der Waals surface area contributed by atoms with Crippen molar-refractivity contribution >= 4 is 15.9 Å². The minimum atomic E-state index is -4.54. The number of hydrogen-bond donors (Lipinski definition) is 1. The van der Waals surface area contributed by atoms with Gasteiger partial charge in [0.25, 0.3) is 0 Å².